The Bertz CT molecular complexity index is 2080. The van der Waals surface area contributed by atoms with Crippen LogP contribution in [-0.2, 0) is 14.3 Å². The van der Waals surface area contributed by atoms with E-state index in [0.717, 1.165) is 119 Å². The normalized spacial score (nSPS) is 16.3. The summed E-state index contributed by atoms with van der Waals surface area (Å²) in [6.07, 6.45) is 0. The predicted molar refractivity (Wildman–Crippen MR) is 212 cm³/mol. The highest BCUT2D eigenvalue weighted by Crippen LogP contribution is 2.35. The molecule has 264 valence electrons. The molecule has 0 spiro atoms. The Morgan fingerprint density at radius 2 is 0.904 bits per heavy atom. The number of benzene rings is 4. The van der Waals surface area contributed by atoms with Crippen LogP contribution >= 0.6 is 0 Å². The van der Waals surface area contributed by atoms with E-state index in [-0.39, 0.29) is 17.6 Å². The van der Waals surface area contributed by atoms with E-state index >= 15 is 0 Å². The summed E-state index contributed by atoms with van der Waals surface area (Å²) in [6.45, 7) is 14.7. The molecule has 0 radical (unpaired) electrons. The van der Waals surface area contributed by atoms with Crippen molar-refractivity contribution in [1.82, 2.24) is 9.97 Å². The third-order valence-corrected chi connectivity index (χ3v) is 10.9. The van der Waals surface area contributed by atoms with Crippen molar-refractivity contribution < 1.29 is 14.3 Å². The van der Waals surface area contributed by atoms with Gasteiger partial charge in [0.2, 0.25) is 0 Å². The lowest BCUT2D eigenvalue weighted by atomic mass is 9.85. The molecular weight excluding hydrogens is 645 g/mol. The minimum atomic E-state index is -0.226. The summed E-state index contributed by atoms with van der Waals surface area (Å²) in [4.78, 5) is 28.4. The molecule has 7 nitrogen and oxygen atoms in total. The first kappa shape index (κ1) is 34.0. The van der Waals surface area contributed by atoms with Crippen LogP contribution in [-0.4, -0.2) is 68.4 Å². The standard InChI is InChI=1S/C45H46N4O3/c1-29-25-43(48-17-21-51-22-18-48)39-15-13-37(27-41(39)46-29)35-9-5-33(6-10-35)31(3)45(50)32(4)34-7-11-36(12-8-34)38-14-16-40-42(28-38)47-30(2)26-44(40)49-19-23-52-24-20-49/h5-16,25-28,31-32H,17-24H2,1-4H3. The Morgan fingerprint density at radius 1 is 0.538 bits per heavy atom. The number of nitrogens with zero attached hydrogens (tertiary/aromatic N) is 4. The van der Waals surface area contributed by atoms with Gasteiger partial charge in [-0.25, -0.2) is 0 Å². The van der Waals surface area contributed by atoms with Gasteiger partial charge in [0.1, 0.15) is 5.78 Å². The van der Waals surface area contributed by atoms with Gasteiger partial charge in [-0.05, 0) is 71.5 Å². The number of carbonyl (C=O) groups excluding carboxylic acids is 1. The Labute approximate surface area is 306 Å². The molecule has 2 aliphatic heterocycles. The zero-order chi connectivity index (χ0) is 35.8. The molecule has 0 bridgehead atoms. The molecule has 8 rings (SSSR count). The Morgan fingerprint density at radius 3 is 1.29 bits per heavy atom. The van der Waals surface area contributed by atoms with Crippen LogP contribution in [0.3, 0.4) is 0 Å². The van der Waals surface area contributed by atoms with Gasteiger partial charge in [0.05, 0.1) is 37.5 Å². The summed E-state index contributed by atoms with van der Waals surface area (Å²) in [6, 6.07) is 34.4. The van der Waals surface area contributed by atoms with Crippen molar-refractivity contribution in [3.05, 3.63) is 120 Å². The first-order valence-electron chi connectivity index (χ1n) is 18.5. The van der Waals surface area contributed by atoms with Crippen LogP contribution in [0.15, 0.2) is 97.1 Å². The van der Waals surface area contributed by atoms with Crippen molar-refractivity contribution >= 4 is 39.0 Å². The fourth-order valence-electron chi connectivity index (χ4n) is 7.80. The lowest BCUT2D eigenvalue weighted by Gasteiger charge is -2.30. The first-order chi connectivity index (χ1) is 25.3. The minimum Gasteiger partial charge on any atom is -0.378 e. The van der Waals surface area contributed by atoms with E-state index in [9.17, 15) is 4.79 Å². The molecule has 2 fully saturated rings. The second-order valence-corrected chi connectivity index (χ2v) is 14.3. The molecule has 0 amide bonds. The van der Waals surface area contributed by atoms with Crippen LogP contribution < -0.4 is 9.80 Å². The van der Waals surface area contributed by atoms with E-state index in [1.807, 2.05) is 13.8 Å². The van der Waals surface area contributed by atoms with Crippen LogP contribution in [0.1, 0.15) is 48.2 Å². The number of ether oxygens (including phenoxy) is 2. The van der Waals surface area contributed by atoms with Gasteiger partial charge >= 0.3 is 0 Å². The fraction of sp³-hybridized carbons (Fsp3) is 0.311. The molecule has 2 aliphatic rings. The van der Waals surface area contributed by atoms with Crippen LogP contribution in [0, 0.1) is 13.8 Å². The molecule has 0 N–H and O–H groups in total. The number of carbonyl (C=O) groups is 1. The van der Waals surface area contributed by atoms with Crippen molar-refractivity contribution in [1.29, 1.82) is 0 Å². The number of hydrogen-bond donors (Lipinski definition) is 0. The Balaban J connectivity index is 0.965. The molecule has 0 saturated carbocycles. The molecular formula is C45H46N4O3. The molecule has 0 aliphatic carbocycles. The molecule has 7 heteroatoms. The number of aryl methyl sites for hydroxylation is 2. The van der Waals surface area contributed by atoms with Gasteiger partial charge in [-0.3, -0.25) is 14.8 Å². The van der Waals surface area contributed by atoms with Gasteiger partial charge in [-0.2, -0.15) is 0 Å². The average molecular weight is 691 g/mol. The summed E-state index contributed by atoms with van der Waals surface area (Å²) < 4.78 is 11.2. The van der Waals surface area contributed by atoms with E-state index in [2.05, 4.69) is 121 Å². The van der Waals surface area contributed by atoms with Gasteiger partial charge in [-0.1, -0.05) is 86.6 Å². The highest BCUT2D eigenvalue weighted by atomic mass is 16.5. The van der Waals surface area contributed by atoms with Crippen molar-refractivity contribution in [2.75, 3.05) is 62.4 Å². The van der Waals surface area contributed by atoms with Crippen LogP contribution in [0.4, 0.5) is 11.4 Å². The average Bonchev–Trinajstić information content (AvgIpc) is 3.19. The third kappa shape index (κ3) is 6.79. The SMILES string of the molecule is Cc1cc(N2CCOCC2)c2ccc(-c3ccc(C(C)C(=O)C(C)c4ccc(-c5ccc6c(N7CCOCC7)cc(C)nc6c5)cc4)cc3)cc2n1. The van der Waals surface area contributed by atoms with Gasteiger partial charge in [0, 0.05) is 71.5 Å². The zero-order valence-electron chi connectivity index (χ0n) is 30.6. The fourth-order valence-corrected chi connectivity index (χ4v) is 7.80. The number of fused-ring (bicyclic) bond motifs is 2. The van der Waals surface area contributed by atoms with Gasteiger partial charge < -0.3 is 19.3 Å². The van der Waals surface area contributed by atoms with E-state index in [0.29, 0.717) is 0 Å². The quantitative estimate of drug-likeness (QED) is 0.158. The summed E-state index contributed by atoms with van der Waals surface area (Å²) in [7, 11) is 0. The molecule has 52 heavy (non-hydrogen) atoms. The molecule has 6 aromatic rings. The van der Waals surface area contributed by atoms with E-state index < -0.39 is 0 Å². The molecule has 2 saturated heterocycles. The molecule has 2 aromatic heterocycles. The van der Waals surface area contributed by atoms with E-state index in [1.54, 1.807) is 0 Å². The molecule has 4 heterocycles. The van der Waals surface area contributed by atoms with Crippen molar-refractivity contribution in [3.8, 4) is 22.3 Å². The highest BCUT2D eigenvalue weighted by Gasteiger charge is 2.23. The largest absolute Gasteiger partial charge is 0.378 e. The number of rotatable bonds is 8. The van der Waals surface area contributed by atoms with Crippen LogP contribution in [0.2, 0.25) is 0 Å². The van der Waals surface area contributed by atoms with E-state index in [4.69, 9.17) is 19.4 Å². The number of anilines is 2. The monoisotopic (exact) mass is 690 g/mol. The smallest absolute Gasteiger partial charge is 0.147 e. The number of morpholine rings is 2. The second kappa shape index (κ2) is 14.5. The number of ketones is 1. The maximum atomic E-state index is 13.8. The number of aromatic nitrogens is 2. The second-order valence-electron chi connectivity index (χ2n) is 14.3. The maximum Gasteiger partial charge on any atom is 0.147 e. The summed E-state index contributed by atoms with van der Waals surface area (Å²) in [5.41, 5.74) is 13.0. The number of pyridine rings is 2. The lowest BCUT2D eigenvalue weighted by molar-refractivity contribution is -0.121. The van der Waals surface area contributed by atoms with Crippen molar-refractivity contribution in [2.45, 2.75) is 39.5 Å². The van der Waals surface area contributed by atoms with Crippen LogP contribution in [0.25, 0.3) is 44.1 Å². The molecule has 2 atom stereocenters. The van der Waals surface area contributed by atoms with Crippen molar-refractivity contribution in [2.24, 2.45) is 0 Å². The van der Waals surface area contributed by atoms with Gasteiger partial charge in [-0.15, -0.1) is 0 Å². The third-order valence-electron chi connectivity index (χ3n) is 10.9. The lowest BCUT2D eigenvalue weighted by Crippen LogP contribution is -2.36. The first-order valence-corrected chi connectivity index (χ1v) is 18.5. The van der Waals surface area contributed by atoms with Crippen LogP contribution in [0.5, 0.6) is 0 Å². The minimum absolute atomic E-state index is 0.211. The predicted octanol–water partition coefficient (Wildman–Crippen LogP) is 8.88. The van der Waals surface area contributed by atoms with Gasteiger partial charge in [0.15, 0.2) is 0 Å². The van der Waals surface area contributed by atoms with Gasteiger partial charge in [0.25, 0.3) is 0 Å². The zero-order valence-corrected chi connectivity index (χ0v) is 30.6. The topological polar surface area (TPSA) is 67.8 Å². The van der Waals surface area contributed by atoms with E-state index in [1.165, 1.54) is 11.4 Å². The maximum absolute atomic E-state index is 13.8. The Hall–Kier alpha value is -5.11. The summed E-state index contributed by atoms with van der Waals surface area (Å²) >= 11 is 0. The summed E-state index contributed by atoms with van der Waals surface area (Å²) in [5.74, 6) is -0.241. The number of hydrogen-bond acceptors (Lipinski definition) is 7. The summed E-state index contributed by atoms with van der Waals surface area (Å²) in [5, 5.41) is 2.33. The van der Waals surface area contributed by atoms with Crippen molar-refractivity contribution in [3.63, 3.8) is 0 Å². The Kier molecular flexibility index (Phi) is 9.47. The molecule has 4 aromatic carbocycles. The number of Topliss-reactive ketones (excluding diaryl/α,β-unsaturated/α-hetero) is 1. The highest BCUT2D eigenvalue weighted by molar-refractivity contribution is 5.96. The molecule has 2 unspecified atom stereocenters.